The lowest BCUT2D eigenvalue weighted by Crippen LogP contribution is -2.36. The minimum Gasteiger partial charge on any atom is -0.326 e. The first-order chi connectivity index (χ1) is 8.30. The van der Waals surface area contributed by atoms with Gasteiger partial charge in [-0.05, 0) is 19.2 Å². The van der Waals surface area contributed by atoms with Crippen LogP contribution in [0.5, 0.6) is 0 Å². The largest absolute Gasteiger partial charge is 0.326 e. The molecule has 18 heavy (non-hydrogen) atoms. The van der Waals surface area contributed by atoms with E-state index in [0.717, 1.165) is 12.3 Å². The Morgan fingerprint density at radius 1 is 1.56 bits per heavy atom. The summed E-state index contributed by atoms with van der Waals surface area (Å²) in [6.45, 7) is 1.82. The van der Waals surface area contributed by atoms with Crippen molar-refractivity contribution in [2.75, 3.05) is 19.1 Å². The van der Waals surface area contributed by atoms with E-state index in [-0.39, 0.29) is 16.0 Å². The molecule has 0 amide bonds. The highest BCUT2D eigenvalue weighted by Gasteiger charge is 2.25. The van der Waals surface area contributed by atoms with Crippen molar-refractivity contribution in [3.05, 3.63) is 27.6 Å². The highest BCUT2D eigenvalue weighted by Crippen LogP contribution is 2.18. The van der Waals surface area contributed by atoms with E-state index < -0.39 is 15.6 Å². The molecule has 0 aliphatic heterocycles. The Morgan fingerprint density at radius 3 is 2.67 bits per heavy atom. The molecule has 0 bridgehead atoms. The van der Waals surface area contributed by atoms with E-state index in [1.807, 2.05) is 13.2 Å². The summed E-state index contributed by atoms with van der Waals surface area (Å²) in [6, 6.07) is 1.02. The van der Waals surface area contributed by atoms with Gasteiger partial charge in [-0.2, -0.15) is 16.1 Å². The average molecular weight is 311 g/mol. The lowest BCUT2D eigenvalue weighted by molar-refractivity contribution is 0.415. The number of H-pyrrole nitrogens is 1. The van der Waals surface area contributed by atoms with E-state index in [0.29, 0.717) is 5.75 Å². The summed E-state index contributed by atoms with van der Waals surface area (Å²) in [7, 11) is -2.13. The van der Waals surface area contributed by atoms with Gasteiger partial charge in [0.1, 0.15) is 5.02 Å². The number of nitrogens with one attached hydrogen (secondary N) is 1. The zero-order valence-electron chi connectivity index (χ0n) is 10.3. The summed E-state index contributed by atoms with van der Waals surface area (Å²) >= 11 is 7.20. The molecule has 8 heteroatoms. The van der Waals surface area contributed by atoms with E-state index in [9.17, 15) is 13.2 Å². The van der Waals surface area contributed by atoms with Gasteiger partial charge in [0.25, 0.3) is 5.56 Å². The van der Waals surface area contributed by atoms with Gasteiger partial charge >= 0.3 is 0 Å². The van der Waals surface area contributed by atoms with Crippen molar-refractivity contribution in [2.24, 2.45) is 0 Å². The van der Waals surface area contributed by atoms with Crippen molar-refractivity contribution in [2.45, 2.75) is 17.9 Å². The van der Waals surface area contributed by atoms with Crippen molar-refractivity contribution in [3.63, 3.8) is 0 Å². The third-order valence-electron chi connectivity index (χ3n) is 2.54. The van der Waals surface area contributed by atoms with Gasteiger partial charge in [-0.15, -0.1) is 0 Å². The zero-order valence-corrected chi connectivity index (χ0v) is 12.7. The highest BCUT2D eigenvalue weighted by molar-refractivity contribution is 7.98. The molecule has 0 saturated heterocycles. The first-order valence-electron chi connectivity index (χ1n) is 5.16. The molecule has 1 unspecified atom stereocenters. The van der Waals surface area contributed by atoms with Crippen molar-refractivity contribution >= 4 is 33.4 Å². The van der Waals surface area contributed by atoms with E-state index in [1.54, 1.807) is 11.8 Å². The lowest BCUT2D eigenvalue weighted by atomic mass is 10.4. The Kier molecular flexibility index (Phi) is 5.27. The molecular formula is C10H15ClN2O3S2. The van der Waals surface area contributed by atoms with Crippen molar-refractivity contribution in [3.8, 4) is 0 Å². The van der Waals surface area contributed by atoms with Crippen LogP contribution in [0.2, 0.25) is 5.02 Å². The van der Waals surface area contributed by atoms with Crippen LogP contribution in [0, 0.1) is 0 Å². The second-order valence-electron chi connectivity index (χ2n) is 3.84. The summed E-state index contributed by atoms with van der Waals surface area (Å²) in [4.78, 5) is 13.4. The number of aromatic nitrogens is 1. The molecule has 0 fully saturated rings. The lowest BCUT2D eigenvalue weighted by Gasteiger charge is -2.23. The number of sulfonamides is 1. The average Bonchev–Trinajstić information content (AvgIpc) is 2.31. The molecule has 1 aromatic heterocycles. The Balaban J connectivity index is 3.13. The van der Waals surface area contributed by atoms with Crippen LogP contribution >= 0.6 is 23.4 Å². The van der Waals surface area contributed by atoms with Crippen LogP contribution in [0.3, 0.4) is 0 Å². The van der Waals surface area contributed by atoms with E-state index in [4.69, 9.17) is 11.6 Å². The minimum atomic E-state index is -3.63. The fourth-order valence-electron chi connectivity index (χ4n) is 1.34. The number of halogens is 1. The predicted molar refractivity (Wildman–Crippen MR) is 74.9 cm³/mol. The molecule has 1 heterocycles. The SMILES string of the molecule is CSCC(C)N(C)S(=O)(=O)c1c[nH]c(=O)c(Cl)c1. The Bertz CT molecular complexity index is 571. The number of nitrogens with zero attached hydrogens (tertiary/aromatic N) is 1. The Morgan fingerprint density at radius 2 is 2.17 bits per heavy atom. The minimum absolute atomic E-state index is 0.0115. The topological polar surface area (TPSA) is 70.2 Å². The molecule has 0 radical (unpaired) electrons. The van der Waals surface area contributed by atoms with Crippen LogP contribution < -0.4 is 5.56 Å². The predicted octanol–water partition coefficient (Wildman–Crippen LogP) is 1.40. The van der Waals surface area contributed by atoms with Crippen molar-refractivity contribution < 1.29 is 8.42 Å². The van der Waals surface area contributed by atoms with E-state index in [2.05, 4.69) is 4.98 Å². The van der Waals surface area contributed by atoms with E-state index in [1.165, 1.54) is 11.4 Å². The van der Waals surface area contributed by atoms with Crippen LogP contribution in [-0.4, -0.2) is 42.8 Å². The van der Waals surface area contributed by atoms with Gasteiger partial charge in [-0.1, -0.05) is 11.6 Å². The summed E-state index contributed by atoms with van der Waals surface area (Å²) in [5, 5.41) is -0.137. The molecule has 1 N–H and O–H groups in total. The third-order valence-corrected chi connectivity index (χ3v) is 5.58. The van der Waals surface area contributed by atoms with Gasteiger partial charge in [-0.3, -0.25) is 4.79 Å². The molecule has 102 valence electrons. The highest BCUT2D eigenvalue weighted by atomic mass is 35.5. The second kappa shape index (κ2) is 6.10. The molecule has 0 aromatic carbocycles. The van der Waals surface area contributed by atoms with Crippen molar-refractivity contribution in [1.82, 2.24) is 9.29 Å². The fourth-order valence-corrected chi connectivity index (χ4v) is 3.73. The summed E-state index contributed by atoms with van der Waals surface area (Å²) in [5.41, 5.74) is -0.504. The molecule has 0 aliphatic rings. The van der Waals surface area contributed by atoms with Gasteiger partial charge in [0, 0.05) is 25.0 Å². The number of hydrogen-bond donors (Lipinski definition) is 1. The maximum absolute atomic E-state index is 12.2. The molecule has 1 atom stereocenters. The second-order valence-corrected chi connectivity index (χ2v) is 7.15. The van der Waals surface area contributed by atoms with Gasteiger partial charge in [0.05, 0.1) is 4.90 Å². The van der Waals surface area contributed by atoms with Gasteiger partial charge in [0.2, 0.25) is 10.0 Å². The first kappa shape index (κ1) is 15.6. The smallest absolute Gasteiger partial charge is 0.266 e. The third kappa shape index (κ3) is 3.28. The fraction of sp³-hybridized carbons (Fsp3) is 0.500. The Labute approximate surface area is 116 Å². The summed E-state index contributed by atoms with van der Waals surface area (Å²) < 4.78 is 25.8. The first-order valence-corrected chi connectivity index (χ1v) is 8.37. The van der Waals surface area contributed by atoms with Gasteiger partial charge in [0.15, 0.2) is 0 Å². The van der Waals surface area contributed by atoms with Crippen LogP contribution in [0.15, 0.2) is 22.0 Å². The number of aromatic amines is 1. The molecular weight excluding hydrogens is 296 g/mol. The number of pyridine rings is 1. The van der Waals surface area contributed by atoms with Crippen LogP contribution in [0.4, 0.5) is 0 Å². The monoisotopic (exact) mass is 310 g/mol. The summed E-state index contributed by atoms with van der Waals surface area (Å²) in [5.74, 6) is 0.687. The molecule has 1 aromatic rings. The quantitative estimate of drug-likeness (QED) is 0.892. The number of hydrogen-bond acceptors (Lipinski definition) is 4. The maximum Gasteiger partial charge on any atom is 0.266 e. The molecule has 5 nitrogen and oxygen atoms in total. The molecule has 0 spiro atoms. The molecule has 0 aliphatic carbocycles. The summed E-state index contributed by atoms with van der Waals surface area (Å²) in [6.07, 6.45) is 3.07. The standard InChI is InChI=1S/C10H15ClN2O3S2/c1-7(6-17-3)13(2)18(15,16)8-4-9(11)10(14)12-5-8/h4-5,7H,6H2,1-3H3,(H,12,14). The number of thioether (sulfide) groups is 1. The zero-order chi connectivity index (χ0) is 13.9. The van der Waals surface area contributed by atoms with Crippen LogP contribution in [0.1, 0.15) is 6.92 Å². The van der Waals surface area contributed by atoms with Crippen LogP contribution in [0.25, 0.3) is 0 Å². The van der Waals surface area contributed by atoms with Gasteiger partial charge in [-0.25, -0.2) is 8.42 Å². The van der Waals surface area contributed by atoms with Crippen LogP contribution in [-0.2, 0) is 10.0 Å². The molecule has 0 saturated carbocycles. The van der Waals surface area contributed by atoms with E-state index >= 15 is 0 Å². The maximum atomic E-state index is 12.2. The normalized spacial score (nSPS) is 13.8. The number of rotatable bonds is 5. The van der Waals surface area contributed by atoms with Gasteiger partial charge < -0.3 is 4.98 Å². The molecule has 1 rings (SSSR count). The van der Waals surface area contributed by atoms with Crippen molar-refractivity contribution in [1.29, 1.82) is 0 Å². The Hall–Kier alpha value is -0.500.